The molecule has 2 aromatic heterocycles. The molecule has 38 nitrogen and oxygen atoms in total. The highest BCUT2D eigenvalue weighted by Gasteiger charge is 2.82. The molecule has 2 saturated heterocycles. The molecule has 0 bridgehead atoms. The van der Waals surface area contributed by atoms with Crippen molar-refractivity contribution in [2.24, 2.45) is 11.5 Å². The minimum Gasteiger partial charge on any atom is -0.503 e. The smallest absolute Gasteiger partial charge is 0.317 e. The van der Waals surface area contributed by atoms with Crippen LogP contribution < -0.4 is 40.5 Å². The van der Waals surface area contributed by atoms with Crippen LogP contribution in [0.15, 0.2) is 48.5 Å². The van der Waals surface area contributed by atoms with E-state index in [9.17, 15) is 126 Å². The molecule has 0 saturated carbocycles. The number of aliphatic hydroxyl groups is 11. The van der Waals surface area contributed by atoms with Crippen molar-refractivity contribution < 1.29 is 140 Å². The van der Waals surface area contributed by atoms with Crippen LogP contribution in [0.4, 0.5) is 22.7 Å². The van der Waals surface area contributed by atoms with Gasteiger partial charge in [-0.05, 0) is 61.4 Å². The first kappa shape index (κ1) is 60.8. The zero-order valence-electron chi connectivity index (χ0n) is 44.5. The number of carbonyl (C=O) groups excluding carboxylic acids is 6. The van der Waals surface area contributed by atoms with E-state index in [-0.39, 0.29) is 39.9 Å². The van der Waals surface area contributed by atoms with Gasteiger partial charge >= 0.3 is 17.5 Å². The number of hydrogen-bond donors (Lipinski definition) is 21. The number of nitrogens with zero attached hydrogens (tertiary/aromatic N) is 8. The van der Waals surface area contributed by atoms with Crippen LogP contribution in [0.1, 0.15) is 72.3 Å². The molecule has 4 aliphatic rings. The average Bonchev–Trinajstić information content (AvgIpc) is 0.804. The Morgan fingerprint density at radius 2 is 1.05 bits per heavy atom. The molecule has 88 heavy (non-hydrogen) atoms. The second-order valence-electron chi connectivity index (χ2n) is 20.1. The van der Waals surface area contributed by atoms with E-state index in [1.807, 2.05) is 0 Å². The van der Waals surface area contributed by atoms with Crippen molar-refractivity contribution in [2.45, 2.75) is 60.7 Å². The minimum absolute atomic E-state index is 0.0335. The third-order valence-electron chi connectivity index (χ3n) is 14.9. The van der Waals surface area contributed by atoms with Gasteiger partial charge in [0.05, 0.1) is 37.0 Å². The molecule has 1 atom stereocenters. The maximum Gasteiger partial charge on any atom is 0.317 e. The Bertz CT molecular complexity index is 3950. The van der Waals surface area contributed by atoms with Crippen molar-refractivity contribution in [3.8, 4) is 68.9 Å². The zero-order chi connectivity index (χ0) is 64.8. The highest BCUT2D eigenvalue weighted by molar-refractivity contribution is 6.15. The summed E-state index contributed by atoms with van der Waals surface area (Å²) in [6.07, 6.45) is -0.511. The van der Waals surface area contributed by atoms with E-state index in [1.165, 1.54) is 31.4 Å². The molecule has 6 heterocycles. The third-order valence-corrected chi connectivity index (χ3v) is 14.9. The number of primary amides is 2. The number of amides is 6. The quantitative estimate of drug-likeness (QED) is 0.0291. The maximum atomic E-state index is 14.4. The first-order chi connectivity index (χ1) is 40.9. The van der Waals surface area contributed by atoms with Gasteiger partial charge in [0.1, 0.15) is 45.6 Å². The van der Waals surface area contributed by atoms with Gasteiger partial charge in [0.2, 0.25) is 11.7 Å². The molecule has 6 aromatic rings. The molecule has 6 amide bonds. The molecule has 1 unspecified atom stereocenters. The van der Waals surface area contributed by atoms with Crippen molar-refractivity contribution in [3.63, 3.8) is 0 Å². The van der Waals surface area contributed by atoms with Gasteiger partial charge in [-0.2, -0.15) is 10.2 Å². The molecule has 0 aliphatic carbocycles. The molecule has 2 fully saturated rings. The fourth-order valence-corrected chi connectivity index (χ4v) is 10.6. The Balaban J connectivity index is 0.957. The second-order valence-corrected chi connectivity index (χ2v) is 20.1. The number of aromatic hydroxyl groups is 8. The number of ether oxygens (including phenoxy) is 3. The van der Waals surface area contributed by atoms with Crippen molar-refractivity contribution in [2.75, 3.05) is 46.6 Å². The number of aromatic nitrogens is 4. The summed E-state index contributed by atoms with van der Waals surface area (Å²) in [6.45, 7) is -3.20. The second kappa shape index (κ2) is 20.1. The monoisotopic (exact) mass is 1240 g/mol. The number of benzene rings is 4. The van der Waals surface area contributed by atoms with Crippen LogP contribution in [-0.2, 0) is 26.5 Å². The summed E-state index contributed by atoms with van der Waals surface area (Å²) in [7, 11) is 1.31. The van der Waals surface area contributed by atoms with Crippen LogP contribution in [-0.4, -0.2) is 208 Å². The number of carbonyl (C=O) groups is 6. The summed E-state index contributed by atoms with van der Waals surface area (Å²) in [5, 5.41) is 222. The molecule has 466 valence electrons. The Kier molecular flexibility index (Phi) is 13.9. The standard InChI is InChI=1S/C50H48N10O28/c1-86-19-9-5-17(6-10-19)59-26-21(24(53-59)40(51)70)14-46(77,78)57(43(26)73)30-36(66)38(68)31(39(69)37(30)67)58-44(74)47(79,80)48(81,82)49(83,50(58,84)85)88-16-87-20-11-7-18(8-12-20)60-27-23(25(54-60)41(52)71)45(75,76)15-56(42(27)72)29-34(64)32(62)28(33(63)35(29)65)55-13-3-2-4-22(55)61/h5-12,62-69,75-85H,2-4,13-16H2,1H3,(H2,51,70)(H2,52,71). The van der Waals surface area contributed by atoms with Gasteiger partial charge < -0.3 is 128 Å². The van der Waals surface area contributed by atoms with Gasteiger partial charge in [0.25, 0.3) is 41.2 Å². The van der Waals surface area contributed by atoms with Crippen LogP contribution in [0.25, 0.3) is 11.4 Å². The summed E-state index contributed by atoms with van der Waals surface area (Å²) in [5.41, 5.74) is 0.0729. The lowest BCUT2D eigenvalue weighted by atomic mass is 9.85. The number of hydrogen-bond acceptors (Lipinski definition) is 30. The average molecular weight is 1240 g/mol. The number of β-amino-alcohol motifs (C(OH)–C–C–N with tert-alkyl or cyclic N) is 2. The van der Waals surface area contributed by atoms with Crippen LogP contribution in [0.5, 0.6) is 57.5 Å². The summed E-state index contributed by atoms with van der Waals surface area (Å²) >= 11 is 0. The van der Waals surface area contributed by atoms with Gasteiger partial charge in [-0.15, -0.1) is 0 Å². The molecule has 23 N–H and O–H groups in total. The van der Waals surface area contributed by atoms with Crippen molar-refractivity contribution in [1.29, 1.82) is 0 Å². The van der Waals surface area contributed by atoms with Gasteiger partial charge in [0, 0.05) is 18.5 Å². The fourth-order valence-electron chi connectivity index (χ4n) is 10.6. The number of phenolic OH excluding ortho intramolecular Hbond substituents is 8. The van der Waals surface area contributed by atoms with E-state index in [4.69, 9.17) is 25.7 Å². The molecular weight excluding hydrogens is 1190 g/mol. The van der Waals surface area contributed by atoms with Crippen LogP contribution in [0.2, 0.25) is 0 Å². The Labute approximate surface area is 486 Å². The minimum atomic E-state index is -5.09. The van der Waals surface area contributed by atoms with E-state index in [0.29, 0.717) is 17.5 Å². The lowest BCUT2D eigenvalue weighted by molar-refractivity contribution is -0.517. The molecule has 4 aromatic carbocycles. The topological polar surface area (TPSA) is 615 Å². The number of fused-ring (bicyclic) bond motifs is 2. The van der Waals surface area contributed by atoms with Crippen molar-refractivity contribution in [1.82, 2.24) is 19.6 Å². The lowest BCUT2D eigenvalue weighted by Gasteiger charge is -2.56. The van der Waals surface area contributed by atoms with Crippen molar-refractivity contribution >= 4 is 58.2 Å². The van der Waals surface area contributed by atoms with E-state index >= 15 is 0 Å². The summed E-state index contributed by atoms with van der Waals surface area (Å²) < 4.78 is 16.5. The summed E-state index contributed by atoms with van der Waals surface area (Å²) in [4.78, 5) is 80.2. The number of rotatable bonds is 13. The SMILES string of the molecule is COc1ccc(-n2nc(C(N)=O)c3c2C(=O)N(c2c(O)c(O)c(N4C(=O)C(O)(O)C(O)(O)C(O)(OCOc5ccc(-n6nc(C(N)=O)c7c6C(=O)N(c6c(O)c(O)c(N8CCCCC8=O)c(O)c6O)CC7(O)O)cc5)C4(O)O)c(O)c2O)C(O)(O)C3)cc1. The zero-order valence-corrected chi connectivity index (χ0v) is 44.5. The number of anilines is 4. The number of piperidine rings is 2. The molecular formula is C50H48N10O28. The van der Waals surface area contributed by atoms with Crippen LogP contribution in [0.3, 0.4) is 0 Å². The molecule has 38 heteroatoms. The normalized spacial score (nSPS) is 20.0. The predicted octanol–water partition coefficient (Wildman–Crippen LogP) is -5.85. The Morgan fingerprint density at radius 3 is 1.55 bits per heavy atom. The molecule has 4 aliphatic heterocycles. The van der Waals surface area contributed by atoms with Crippen LogP contribution >= 0.6 is 0 Å². The number of nitrogens with two attached hydrogens (primary N) is 2. The number of phenols is 8. The van der Waals surface area contributed by atoms with E-state index in [1.54, 1.807) is 0 Å². The van der Waals surface area contributed by atoms with E-state index in [0.717, 1.165) is 33.8 Å². The lowest BCUT2D eigenvalue weighted by Crippen LogP contribution is -2.89. The number of methoxy groups -OCH3 is 1. The van der Waals surface area contributed by atoms with Crippen molar-refractivity contribution in [3.05, 3.63) is 82.4 Å². The van der Waals surface area contributed by atoms with Gasteiger partial charge in [0.15, 0.2) is 64.2 Å². The van der Waals surface area contributed by atoms with E-state index in [2.05, 4.69) is 10.2 Å². The highest BCUT2D eigenvalue weighted by atomic mass is 16.8. The predicted molar refractivity (Wildman–Crippen MR) is 279 cm³/mol. The van der Waals surface area contributed by atoms with Gasteiger partial charge in [-0.25, -0.2) is 19.2 Å². The van der Waals surface area contributed by atoms with Crippen LogP contribution in [0, 0.1) is 0 Å². The highest BCUT2D eigenvalue weighted by Crippen LogP contribution is 2.61. The van der Waals surface area contributed by atoms with Gasteiger partial charge in [-0.3, -0.25) is 33.7 Å². The molecule has 0 spiro atoms. The molecule has 0 radical (unpaired) electrons. The first-order valence-electron chi connectivity index (χ1n) is 25.1. The summed E-state index contributed by atoms with van der Waals surface area (Å²) in [6, 6.07) is 9.01. The Hall–Kier alpha value is -10.4. The maximum absolute atomic E-state index is 14.4. The largest absolute Gasteiger partial charge is 0.503 e. The first-order valence-corrected chi connectivity index (χ1v) is 25.1. The Morgan fingerprint density at radius 1 is 0.580 bits per heavy atom. The third kappa shape index (κ3) is 8.50. The van der Waals surface area contributed by atoms with E-state index < -0.39 is 203 Å². The molecule has 10 rings (SSSR count). The summed E-state index contributed by atoms with van der Waals surface area (Å²) in [5.74, 6) is -50.4. The fraction of sp³-hybridized carbons (Fsp3) is 0.280. The van der Waals surface area contributed by atoms with Gasteiger partial charge in [-0.1, -0.05) is 0 Å².